The van der Waals surface area contributed by atoms with E-state index in [1.807, 2.05) is 13.8 Å². The zero-order valence-electron chi connectivity index (χ0n) is 16.5. The molecule has 158 valence electrons. The molecule has 0 aromatic heterocycles. The van der Waals surface area contributed by atoms with Crippen LogP contribution in [-0.2, 0) is 23.7 Å². The van der Waals surface area contributed by atoms with E-state index in [-0.39, 0.29) is 11.8 Å². The van der Waals surface area contributed by atoms with Gasteiger partial charge >= 0.3 is 5.97 Å². The third-order valence-electron chi connectivity index (χ3n) is 7.59. The molecule has 3 saturated heterocycles. The van der Waals surface area contributed by atoms with Crippen LogP contribution in [0.25, 0.3) is 0 Å². The molecule has 6 unspecified atom stereocenters. The summed E-state index contributed by atoms with van der Waals surface area (Å²) in [4.78, 5) is 12.7. The average Bonchev–Trinajstić information content (AvgIpc) is 3.27. The highest BCUT2D eigenvalue weighted by Gasteiger charge is 2.83. The zero-order chi connectivity index (χ0) is 20.4. The predicted molar refractivity (Wildman–Crippen MR) is 95.7 cm³/mol. The van der Waals surface area contributed by atoms with Gasteiger partial charge in [0.2, 0.25) is 0 Å². The SMILES string of the molecule is C=C(C)[C@@H]1CC2OC(=O)C3OC(OCO)C1([C@H](C)O)C23CC1OC[C@@H](C)[C@H]1O. The lowest BCUT2D eigenvalue weighted by atomic mass is 9.55. The maximum atomic E-state index is 12.7. The van der Waals surface area contributed by atoms with Crippen LogP contribution in [0, 0.1) is 22.7 Å². The van der Waals surface area contributed by atoms with Crippen LogP contribution in [0.3, 0.4) is 0 Å². The van der Waals surface area contributed by atoms with Gasteiger partial charge in [0.15, 0.2) is 12.4 Å². The van der Waals surface area contributed by atoms with Crippen LogP contribution >= 0.6 is 0 Å². The number of aliphatic hydroxyl groups excluding tert-OH is 3. The highest BCUT2D eigenvalue weighted by molar-refractivity contribution is 5.80. The maximum absolute atomic E-state index is 12.7. The summed E-state index contributed by atoms with van der Waals surface area (Å²) < 4.78 is 23.1. The molecule has 0 amide bonds. The van der Waals surface area contributed by atoms with E-state index in [0.29, 0.717) is 19.4 Å². The molecule has 3 aliphatic heterocycles. The monoisotopic (exact) mass is 398 g/mol. The van der Waals surface area contributed by atoms with Crippen LogP contribution in [0.15, 0.2) is 12.2 Å². The van der Waals surface area contributed by atoms with Crippen molar-refractivity contribution in [1.82, 2.24) is 0 Å². The molecule has 4 fully saturated rings. The molecule has 28 heavy (non-hydrogen) atoms. The van der Waals surface area contributed by atoms with Gasteiger partial charge in [0.25, 0.3) is 0 Å². The lowest BCUT2D eigenvalue weighted by Gasteiger charge is -2.48. The van der Waals surface area contributed by atoms with Crippen molar-refractivity contribution < 1.29 is 39.1 Å². The number of carbonyl (C=O) groups excluding carboxylic acids is 1. The van der Waals surface area contributed by atoms with Gasteiger partial charge < -0.3 is 34.3 Å². The molecular weight excluding hydrogens is 368 g/mol. The first-order valence-corrected chi connectivity index (χ1v) is 9.93. The van der Waals surface area contributed by atoms with Gasteiger partial charge in [0.05, 0.1) is 35.7 Å². The molecule has 0 spiro atoms. The number of carbonyl (C=O) groups is 1. The minimum Gasteiger partial charge on any atom is -0.460 e. The van der Waals surface area contributed by atoms with Gasteiger partial charge in [-0.05, 0) is 32.6 Å². The topological polar surface area (TPSA) is 115 Å². The number of hydrogen-bond donors (Lipinski definition) is 3. The van der Waals surface area contributed by atoms with Crippen molar-refractivity contribution >= 4 is 5.97 Å². The van der Waals surface area contributed by atoms with E-state index >= 15 is 0 Å². The first-order valence-electron chi connectivity index (χ1n) is 9.93. The van der Waals surface area contributed by atoms with Crippen LogP contribution in [-0.4, -0.2) is 71.5 Å². The van der Waals surface area contributed by atoms with Gasteiger partial charge in [-0.25, -0.2) is 4.79 Å². The number of ether oxygens (including phenoxy) is 4. The second kappa shape index (κ2) is 6.75. The van der Waals surface area contributed by atoms with E-state index < -0.39 is 60.4 Å². The Morgan fingerprint density at radius 3 is 2.71 bits per heavy atom. The van der Waals surface area contributed by atoms with Gasteiger partial charge in [0.1, 0.15) is 12.9 Å². The summed E-state index contributed by atoms with van der Waals surface area (Å²) in [7, 11) is 0. The van der Waals surface area contributed by atoms with Crippen molar-refractivity contribution in [1.29, 1.82) is 0 Å². The standard InChI is InChI=1S/C20H30O8/c1-9(2)12-5-14-19(6-13-15(23)10(3)7-25-13)16(17(24)27-14)28-18(26-8-21)20(12,19)11(4)22/h10-16,18,21-23H,1,5-8H2,2-4H3/t10-,11+,12+,13?,14?,15-,16?,18?,19?,20?/m1/s1. The summed E-state index contributed by atoms with van der Waals surface area (Å²) in [5.74, 6) is -0.773. The van der Waals surface area contributed by atoms with Crippen LogP contribution in [0.4, 0.5) is 0 Å². The van der Waals surface area contributed by atoms with E-state index in [1.54, 1.807) is 6.92 Å². The van der Waals surface area contributed by atoms with Crippen molar-refractivity contribution in [2.75, 3.05) is 13.4 Å². The van der Waals surface area contributed by atoms with E-state index in [2.05, 4.69) is 6.58 Å². The van der Waals surface area contributed by atoms with E-state index in [1.165, 1.54) is 0 Å². The molecule has 0 radical (unpaired) electrons. The molecular formula is C20H30O8. The quantitative estimate of drug-likeness (QED) is 0.333. The second-order valence-corrected chi connectivity index (χ2v) is 8.90. The summed E-state index contributed by atoms with van der Waals surface area (Å²) in [6, 6.07) is 0. The van der Waals surface area contributed by atoms with Crippen LogP contribution in [0.1, 0.15) is 33.6 Å². The summed E-state index contributed by atoms with van der Waals surface area (Å²) in [6.07, 6.45) is -3.83. The Kier molecular flexibility index (Phi) is 4.88. The van der Waals surface area contributed by atoms with Crippen molar-refractivity contribution in [2.24, 2.45) is 22.7 Å². The highest BCUT2D eigenvalue weighted by Crippen LogP contribution is 2.73. The number of esters is 1. The fraction of sp³-hybridized carbons (Fsp3) is 0.850. The molecule has 3 N–H and O–H groups in total. The van der Waals surface area contributed by atoms with Crippen molar-refractivity contribution in [3.63, 3.8) is 0 Å². The Bertz CT molecular complexity index is 665. The summed E-state index contributed by atoms with van der Waals surface area (Å²) >= 11 is 0. The molecule has 0 bridgehead atoms. The van der Waals surface area contributed by atoms with Crippen LogP contribution < -0.4 is 0 Å². The van der Waals surface area contributed by atoms with Crippen molar-refractivity contribution in [3.05, 3.63) is 12.2 Å². The highest BCUT2D eigenvalue weighted by atomic mass is 16.7. The molecule has 1 saturated carbocycles. The number of rotatable bonds is 6. The summed E-state index contributed by atoms with van der Waals surface area (Å²) in [5.41, 5.74) is -1.18. The minimum atomic E-state index is -1.06. The van der Waals surface area contributed by atoms with E-state index in [9.17, 15) is 20.1 Å². The van der Waals surface area contributed by atoms with Crippen molar-refractivity contribution in [3.8, 4) is 0 Å². The normalized spacial score (nSPS) is 50.6. The Morgan fingerprint density at radius 2 is 2.18 bits per heavy atom. The third kappa shape index (κ3) is 2.30. The fourth-order valence-corrected chi connectivity index (χ4v) is 6.48. The minimum absolute atomic E-state index is 0.0261. The molecule has 0 aromatic rings. The lowest BCUT2D eigenvalue weighted by Crippen LogP contribution is -2.57. The average molecular weight is 398 g/mol. The lowest BCUT2D eigenvalue weighted by molar-refractivity contribution is -0.240. The Labute approximate surface area is 164 Å². The molecule has 8 nitrogen and oxygen atoms in total. The maximum Gasteiger partial charge on any atom is 0.336 e. The van der Waals surface area contributed by atoms with Crippen LogP contribution in [0.2, 0.25) is 0 Å². The summed E-state index contributed by atoms with van der Waals surface area (Å²) in [6.45, 7) is 9.36. The second-order valence-electron chi connectivity index (χ2n) is 8.90. The molecule has 0 aromatic carbocycles. The molecule has 4 aliphatic rings. The Hall–Kier alpha value is -1.03. The first kappa shape index (κ1) is 20.3. The van der Waals surface area contributed by atoms with Crippen LogP contribution in [0.5, 0.6) is 0 Å². The fourth-order valence-electron chi connectivity index (χ4n) is 6.48. The van der Waals surface area contributed by atoms with Crippen molar-refractivity contribution in [2.45, 2.75) is 70.4 Å². The molecule has 8 heteroatoms. The zero-order valence-corrected chi connectivity index (χ0v) is 16.5. The smallest absolute Gasteiger partial charge is 0.336 e. The number of aliphatic hydroxyl groups is 3. The number of hydrogen-bond acceptors (Lipinski definition) is 8. The van der Waals surface area contributed by atoms with E-state index in [0.717, 1.165) is 5.57 Å². The summed E-state index contributed by atoms with van der Waals surface area (Å²) in [5, 5.41) is 31.2. The van der Waals surface area contributed by atoms with Gasteiger partial charge in [-0.3, -0.25) is 0 Å². The first-order chi connectivity index (χ1) is 13.2. The molecule has 4 rings (SSSR count). The number of allylic oxidation sites excluding steroid dienone is 1. The Balaban J connectivity index is 1.86. The largest absolute Gasteiger partial charge is 0.460 e. The van der Waals surface area contributed by atoms with Gasteiger partial charge in [0, 0.05) is 5.92 Å². The molecule has 10 atom stereocenters. The third-order valence-corrected chi connectivity index (χ3v) is 7.59. The molecule has 3 heterocycles. The molecule has 1 aliphatic carbocycles. The Morgan fingerprint density at radius 1 is 1.46 bits per heavy atom. The van der Waals surface area contributed by atoms with E-state index in [4.69, 9.17) is 18.9 Å². The van der Waals surface area contributed by atoms with Gasteiger partial charge in [-0.1, -0.05) is 19.1 Å². The van der Waals surface area contributed by atoms with Gasteiger partial charge in [-0.2, -0.15) is 0 Å². The predicted octanol–water partition coefficient (Wildman–Crippen LogP) is 0.339. The van der Waals surface area contributed by atoms with Gasteiger partial charge in [-0.15, -0.1) is 0 Å².